The van der Waals surface area contributed by atoms with Crippen LogP contribution in [0.2, 0.25) is 0 Å². The Bertz CT molecular complexity index is 490. The molecule has 0 radical (unpaired) electrons. The van der Waals surface area contributed by atoms with E-state index in [0.717, 1.165) is 44.9 Å². The summed E-state index contributed by atoms with van der Waals surface area (Å²) in [7, 11) is 0. The van der Waals surface area contributed by atoms with Crippen LogP contribution >= 0.6 is 0 Å². The van der Waals surface area contributed by atoms with Gasteiger partial charge in [0.2, 0.25) is 0 Å². The van der Waals surface area contributed by atoms with E-state index in [1.165, 1.54) is 10.5 Å². The first kappa shape index (κ1) is 16.6. The maximum atomic E-state index is 12.5. The summed E-state index contributed by atoms with van der Waals surface area (Å²) in [5.41, 5.74) is 1.27. The number of nitrogens with one attached hydrogen (secondary N) is 1. The molecule has 1 amide bonds. The number of hydrogen-bond donors (Lipinski definition) is 1. The molecule has 2 rings (SSSR count). The van der Waals surface area contributed by atoms with E-state index in [1.807, 2.05) is 42.2 Å². The van der Waals surface area contributed by atoms with Crippen LogP contribution in [0, 0.1) is 0 Å². The summed E-state index contributed by atoms with van der Waals surface area (Å²) in [6.07, 6.45) is 2.51. The molecular formula is C18H27N2O2+. The normalized spacial score (nSPS) is 17.1. The van der Waals surface area contributed by atoms with Crippen molar-refractivity contribution in [2.75, 3.05) is 32.7 Å². The fourth-order valence-electron chi connectivity index (χ4n) is 2.77. The third-order valence-electron chi connectivity index (χ3n) is 4.21. The van der Waals surface area contributed by atoms with Crippen LogP contribution in [0.5, 0.6) is 5.75 Å². The van der Waals surface area contributed by atoms with Crippen LogP contribution in [-0.2, 0) is 11.2 Å². The Morgan fingerprint density at radius 3 is 2.55 bits per heavy atom. The summed E-state index contributed by atoms with van der Waals surface area (Å²) in [6, 6.07) is 7.97. The predicted octanol–water partition coefficient (Wildman–Crippen LogP) is 0.929. The first-order valence-electron chi connectivity index (χ1n) is 8.13. The smallest absolute Gasteiger partial charge is 0.263 e. The maximum absolute atomic E-state index is 12.5. The summed E-state index contributed by atoms with van der Waals surface area (Å²) in [5, 5.41) is 0. The van der Waals surface area contributed by atoms with Gasteiger partial charge < -0.3 is 14.5 Å². The first-order chi connectivity index (χ1) is 10.6. The quantitative estimate of drug-likeness (QED) is 0.793. The highest BCUT2D eigenvalue weighted by atomic mass is 16.5. The van der Waals surface area contributed by atoms with Crippen molar-refractivity contribution in [1.82, 2.24) is 4.90 Å². The zero-order chi connectivity index (χ0) is 15.9. The van der Waals surface area contributed by atoms with E-state index in [4.69, 9.17) is 4.74 Å². The standard InChI is InChI=1S/C18H26N2O2/c1-4-10-19-11-13-20(14-12-19)18(21)15(3)22-17-8-6-16(5-2)7-9-17/h4,6-9,15H,1,5,10-14H2,2-3H3/p+1/t15-/m0/s1. The second kappa shape index (κ2) is 7.99. The van der Waals surface area contributed by atoms with Gasteiger partial charge in [-0.2, -0.15) is 0 Å². The van der Waals surface area contributed by atoms with Gasteiger partial charge in [0, 0.05) is 0 Å². The van der Waals surface area contributed by atoms with Crippen LogP contribution in [0.1, 0.15) is 19.4 Å². The van der Waals surface area contributed by atoms with E-state index in [9.17, 15) is 4.79 Å². The molecule has 4 nitrogen and oxygen atoms in total. The van der Waals surface area contributed by atoms with Crippen molar-refractivity contribution in [3.8, 4) is 5.75 Å². The fraction of sp³-hybridized carbons (Fsp3) is 0.500. The van der Waals surface area contributed by atoms with Gasteiger partial charge in [0.15, 0.2) is 6.10 Å². The molecule has 0 aromatic heterocycles. The van der Waals surface area contributed by atoms with E-state index in [0.29, 0.717) is 0 Å². The molecule has 4 heteroatoms. The molecule has 1 aromatic carbocycles. The van der Waals surface area contributed by atoms with Gasteiger partial charge in [-0.15, -0.1) is 0 Å². The average molecular weight is 303 g/mol. The van der Waals surface area contributed by atoms with Crippen LogP contribution in [-0.4, -0.2) is 49.6 Å². The second-order valence-corrected chi connectivity index (χ2v) is 5.83. The molecule has 1 aromatic rings. The number of quaternary nitrogens is 1. The van der Waals surface area contributed by atoms with E-state index in [1.54, 1.807) is 0 Å². The highest BCUT2D eigenvalue weighted by Gasteiger charge is 2.27. The van der Waals surface area contributed by atoms with E-state index in [-0.39, 0.29) is 5.91 Å². The Morgan fingerprint density at radius 2 is 2.00 bits per heavy atom. The number of rotatable bonds is 6. The topological polar surface area (TPSA) is 34.0 Å². The van der Waals surface area contributed by atoms with Crippen LogP contribution < -0.4 is 9.64 Å². The monoisotopic (exact) mass is 303 g/mol. The zero-order valence-corrected chi connectivity index (χ0v) is 13.7. The molecule has 1 heterocycles. The van der Waals surface area contributed by atoms with Crippen molar-refractivity contribution in [1.29, 1.82) is 0 Å². The molecule has 120 valence electrons. The van der Waals surface area contributed by atoms with Gasteiger partial charge in [-0.25, -0.2) is 0 Å². The number of aryl methyl sites for hydroxylation is 1. The predicted molar refractivity (Wildman–Crippen MR) is 88.3 cm³/mol. The minimum absolute atomic E-state index is 0.0808. The number of hydrogen-bond acceptors (Lipinski definition) is 2. The molecule has 0 unspecified atom stereocenters. The van der Waals surface area contributed by atoms with Crippen molar-refractivity contribution < 1.29 is 14.4 Å². The van der Waals surface area contributed by atoms with Crippen LogP contribution in [0.25, 0.3) is 0 Å². The summed E-state index contributed by atoms with van der Waals surface area (Å²) in [6.45, 7) is 12.3. The van der Waals surface area contributed by atoms with Gasteiger partial charge in [-0.1, -0.05) is 25.6 Å². The molecule has 0 spiro atoms. The highest BCUT2D eigenvalue weighted by molar-refractivity contribution is 5.81. The Kier molecular flexibility index (Phi) is 6.01. The van der Waals surface area contributed by atoms with Gasteiger partial charge in [0.05, 0.1) is 32.7 Å². The molecule has 22 heavy (non-hydrogen) atoms. The van der Waals surface area contributed by atoms with Crippen molar-refractivity contribution in [3.63, 3.8) is 0 Å². The number of amides is 1. The van der Waals surface area contributed by atoms with Gasteiger partial charge in [0.25, 0.3) is 5.91 Å². The first-order valence-corrected chi connectivity index (χ1v) is 8.13. The molecule has 0 saturated carbocycles. The fourth-order valence-corrected chi connectivity index (χ4v) is 2.77. The number of benzene rings is 1. The van der Waals surface area contributed by atoms with Gasteiger partial charge in [0.1, 0.15) is 5.75 Å². The third-order valence-corrected chi connectivity index (χ3v) is 4.21. The lowest BCUT2D eigenvalue weighted by molar-refractivity contribution is -0.898. The molecule has 1 N–H and O–H groups in total. The summed E-state index contributed by atoms with van der Waals surface area (Å²) < 4.78 is 5.79. The maximum Gasteiger partial charge on any atom is 0.263 e. The molecule has 0 aliphatic carbocycles. The zero-order valence-electron chi connectivity index (χ0n) is 13.7. The lowest BCUT2D eigenvalue weighted by Crippen LogP contribution is -3.14. The molecule has 1 aliphatic rings. The molecule has 1 atom stereocenters. The molecular weight excluding hydrogens is 276 g/mol. The van der Waals surface area contributed by atoms with Crippen LogP contribution in [0.3, 0.4) is 0 Å². The number of piperazine rings is 1. The third kappa shape index (κ3) is 4.34. The number of carbonyl (C=O) groups excluding carboxylic acids is 1. The van der Waals surface area contributed by atoms with Gasteiger partial charge >= 0.3 is 0 Å². The van der Waals surface area contributed by atoms with E-state index < -0.39 is 6.10 Å². The lowest BCUT2D eigenvalue weighted by atomic mass is 10.2. The van der Waals surface area contributed by atoms with E-state index in [2.05, 4.69) is 13.5 Å². The molecule has 1 fully saturated rings. The van der Waals surface area contributed by atoms with Crippen molar-refractivity contribution in [2.24, 2.45) is 0 Å². The highest BCUT2D eigenvalue weighted by Crippen LogP contribution is 2.15. The number of ether oxygens (including phenoxy) is 1. The largest absolute Gasteiger partial charge is 0.481 e. The Balaban J connectivity index is 1.85. The average Bonchev–Trinajstić information content (AvgIpc) is 2.56. The number of nitrogens with zero attached hydrogens (tertiary/aromatic N) is 1. The SMILES string of the molecule is C=CC[NH+]1CCN(C(=O)[C@H](C)Oc2ccc(CC)cc2)CC1. The Hall–Kier alpha value is -1.81. The van der Waals surface area contributed by atoms with Crippen molar-refractivity contribution >= 4 is 5.91 Å². The summed E-state index contributed by atoms with van der Waals surface area (Å²) in [5.74, 6) is 0.839. The second-order valence-electron chi connectivity index (χ2n) is 5.83. The lowest BCUT2D eigenvalue weighted by Gasteiger charge is -2.33. The van der Waals surface area contributed by atoms with Gasteiger partial charge in [-0.3, -0.25) is 4.79 Å². The summed E-state index contributed by atoms with van der Waals surface area (Å²) >= 11 is 0. The molecule has 0 bridgehead atoms. The van der Waals surface area contributed by atoms with Crippen LogP contribution in [0.4, 0.5) is 0 Å². The minimum atomic E-state index is -0.437. The van der Waals surface area contributed by atoms with Crippen LogP contribution in [0.15, 0.2) is 36.9 Å². The van der Waals surface area contributed by atoms with Gasteiger partial charge in [-0.05, 0) is 37.1 Å². The molecule has 1 saturated heterocycles. The van der Waals surface area contributed by atoms with Crippen molar-refractivity contribution in [3.05, 3.63) is 42.5 Å². The Morgan fingerprint density at radius 1 is 1.36 bits per heavy atom. The van der Waals surface area contributed by atoms with E-state index >= 15 is 0 Å². The van der Waals surface area contributed by atoms with Crippen molar-refractivity contribution in [2.45, 2.75) is 26.4 Å². The molecule has 1 aliphatic heterocycles. The Labute approximate surface area is 133 Å². The minimum Gasteiger partial charge on any atom is -0.481 e. The number of carbonyl (C=O) groups is 1. The summed E-state index contributed by atoms with van der Waals surface area (Å²) in [4.78, 5) is 15.9.